The molecule has 7 nitrogen and oxygen atoms in total. The maximum Gasteiger partial charge on any atom is 0.343 e. The molecule has 1 fully saturated rings. The number of aryl methyl sites for hydroxylation is 1. The fourth-order valence-electron chi connectivity index (χ4n) is 2.85. The van der Waals surface area contributed by atoms with Gasteiger partial charge in [-0.05, 0) is 55.8 Å². The molecule has 0 atom stereocenters. The minimum atomic E-state index is -3.69. The van der Waals surface area contributed by atoms with Crippen LogP contribution in [0, 0.1) is 6.92 Å². The molecule has 150 valence electrons. The van der Waals surface area contributed by atoms with Gasteiger partial charge in [0.25, 0.3) is 0 Å². The number of ether oxygens (including phenoxy) is 3. The van der Waals surface area contributed by atoms with Gasteiger partial charge in [-0.3, -0.25) is 0 Å². The zero-order valence-electron chi connectivity index (χ0n) is 15.9. The number of carbonyl (C=O) groups is 1. The number of esters is 1. The first-order valence-electron chi connectivity index (χ1n) is 9.05. The molecule has 3 rings (SSSR count). The van der Waals surface area contributed by atoms with Gasteiger partial charge in [0.1, 0.15) is 11.5 Å². The molecule has 0 N–H and O–H groups in total. The van der Waals surface area contributed by atoms with E-state index in [4.69, 9.17) is 14.2 Å². The number of hydrogen-bond donors (Lipinski definition) is 0. The quantitative estimate of drug-likeness (QED) is 0.543. The number of benzene rings is 2. The second-order valence-corrected chi connectivity index (χ2v) is 8.23. The molecule has 0 saturated carbocycles. The van der Waals surface area contributed by atoms with E-state index < -0.39 is 16.0 Å². The summed E-state index contributed by atoms with van der Waals surface area (Å²) in [5.41, 5.74) is 0.847. The Morgan fingerprint density at radius 1 is 1.07 bits per heavy atom. The summed E-state index contributed by atoms with van der Waals surface area (Å²) in [6, 6.07) is 11.2. The molecule has 2 aromatic rings. The van der Waals surface area contributed by atoms with Gasteiger partial charge < -0.3 is 14.2 Å². The normalized spacial score (nSPS) is 15.2. The fraction of sp³-hybridized carbons (Fsp3) is 0.350. The third kappa shape index (κ3) is 4.52. The number of sulfonamides is 1. The van der Waals surface area contributed by atoms with Crippen molar-refractivity contribution in [2.45, 2.75) is 18.7 Å². The van der Waals surface area contributed by atoms with Crippen LogP contribution >= 0.6 is 0 Å². The standard InChI is InChI=1S/C20H23NO6S/c1-3-26-16-5-7-17(8-6-16)27-20(22)19-14-18(9-4-15(19)2)28(23,24)21-10-12-25-13-11-21/h4-9,14H,3,10-13H2,1-2H3. The van der Waals surface area contributed by atoms with Crippen molar-refractivity contribution in [3.63, 3.8) is 0 Å². The minimum Gasteiger partial charge on any atom is -0.494 e. The van der Waals surface area contributed by atoms with E-state index in [-0.39, 0.29) is 10.5 Å². The molecule has 2 aromatic carbocycles. The Morgan fingerprint density at radius 2 is 1.71 bits per heavy atom. The van der Waals surface area contributed by atoms with E-state index in [0.29, 0.717) is 50.0 Å². The van der Waals surface area contributed by atoms with Crippen LogP contribution in [0.25, 0.3) is 0 Å². The molecular weight excluding hydrogens is 382 g/mol. The molecule has 8 heteroatoms. The summed E-state index contributed by atoms with van der Waals surface area (Å²) in [5.74, 6) is 0.423. The highest BCUT2D eigenvalue weighted by molar-refractivity contribution is 7.89. The van der Waals surface area contributed by atoms with E-state index in [9.17, 15) is 13.2 Å². The van der Waals surface area contributed by atoms with Gasteiger partial charge in [-0.25, -0.2) is 13.2 Å². The summed E-state index contributed by atoms with van der Waals surface area (Å²) < 4.78 is 43.0. The SMILES string of the molecule is CCOc1ccc(OC(=O)c2cc(S(=O)(=O)N3CCOCC3)ccc2C)cc1. The van der Waals surface area contributed by atoms with Crippen LogP contribution in [0.5, 0.6) is 11.5 Å². The molecular formula is C20H23NO6S. The van der Waals surface area contributed by atoms with Crippen molar-refractivity contribution in [3.05, 3.63) is 53.6 Å². The Labute approximate surface area is 164 Å². The van der Waals surface area contributed by atoms with Gasteiger partial charge in [0.2, 0.25) is 10.0 Å². The third-order valence-electron chi connectivity index (χ3n) is 4.38. The molecule has 0 aromatic heterocycles. The van der Waals surface area contributed by atoms with E-state index in [2.05, 4.69) is 0 Å². The van der Waals surface area contributed by atoms with Crippen LogP contribution in [0.15, 0.2) is 47.4 Å². The first-order chi connectivity index (χ1) is 13.4. The van der Waals surface area contributed by atoms with Crippen LogP contribution in [-0.4, -0.2) is 51.6 Å². The lowest BCUT2D eigenvalue weighted by Crippen LogP contribution is -2.40. The number of rotatable bonds is 6. The highest BCUT2D eigenvalue weighted by atomic mass is 32.2. The Balaban J connectivity index is 1.81. The number of carbonyl (C=O) groups excluding carboxylic acids is 1. The van der Waals surface area contributed by atoms with Crippen LogP contribution in [0.3, 0.4) is 0 Å². The molecule has 0 aliphatic carbocycles. The van der Waals surface area contributed by atoms with Gasteiger partial charge in [-0.1, -0.05) is 6.07 Å². The van der Waals surface area contributed by atoms with Gasteiger partial charge in [0, 0.05) is 13.1 Å². The molecule has 0 amide bonds. The van der Waals surface area contributed by atoms with Crippen LogP contribution < -0.4 is 9.47 Å². The predicted molar refractivity (Wildman–Crippen MR) is 103 cm³/mol. The van der Waals surface area contributed by atoms with Crippen molar-refractivity contribution >= 4 is 16.0 Å². The molecule has 0 unspecified atom stereocenters. The summed E-state index contributed by atoms with van der Waals surface area (Å²) in [7, 11) is -3.69. The smallest absolute Gasteiger partial charge is 0.343 e. The van der Waals surface area contributed by atoms with Crippen molar-refractivity contribution < 1.29 is 27.4 Å². The highest BCUT2D eigenvalue weighted by Gasteiger charge is 2.27. The lowest BCUT2D eigenvalue weighted by molar-refractivity contribution is 0.0727. The van der Waals surface area contributed by atoms with Crippen LogP contribution in [0.2, 0.25) is 0 Å². The van der Waals surface area contributed by atoms with Crippen LogP contribution in [-0.2, 0) is 14.8 Å². The van der Waals surface area contributed by atoms with Gasteiger partial charge in [-0.2, -0.15) is 4.31 Å². The Bertz CT molecular complexity index is 934. The average Bonchev–Trinajstić information content (AvgIpc) is 2.70. The molecule has 0 bridgehead atoms. The van der Waals surface area contributed by atoms with Crippen LogP contribution in [0.4, 0.5) is 0 Å². The van der Waals surface area contributed by atoms with Crippen molar-refractivity contribution in [3.8, 4) is 11.5 Å². The zero-order chi connectivity index (χ0) is 20.1. The van der Waals surface area contributed by atoms with Gasteiger partial charge in [0.05, 0.1) is 30.3 Å². The average molecular weight is 405 g/mol. The zero-order valence-corrected chi connectivity index (χ0v) is 16.7. The highest BCUT2D eigenvalue weighted by Crippen LogP contribution is 2.23. The van der Waals surface area contributed by atoms with Crippen molar-refractivity contribution in [2.24, 2.45) is 0 Å². The second-order valence-electron chi connectivity index (χ2n) is 6.29. The van der Waals surface area contributed by atoms with Gasteiger partial charge >= 0.3 is 5.97 Å². The molecule has 0 radical (unpaired) electrons. The van der Waals surface area contributed by atoms with E-state index in [1.807, 2.05) is 6.92 Å². The Morgan fingerprint density at radius 3 is 2.36 bits per heavy atom. The Kier molecular flexibility index (Phi) is 6.33. The van der Waals surface area contributed by atoms with Crippen molar-refractivity contribution in [1.29, 1.82) is 0 Å². The molecule has 1 aliphatic rings. The van der Waals surface area contributed by atoms with Crippen molar-refractivity contribution in [1.82, 2.24) is 4.31 Å². The third-order valence-corrected chi connectivity index (χ3v) is 6.28. The molecule has 1 heterocycles. The summed E-state index contributed by atoms with van der Waals surface area (Å²) >= 11 is 0. The van der Waals surface area contributed by atoms with Gasteiger partial charge in [0.15, 0.2) is 0 Å². The summed E-state index contributed by atoms with van der Waals surface area (Å²) in [6.45, 7) is 5.47. The lowest BCUT2D eigenvalue weighted by Gasteiger charge is -2.26. The molecule has 1 aliphatic heterocycles. The monoisotopic (exact) mass is 405 g/mol. The summed E-state index contributed by atoms with van der Waals surface area (Å²) in [6.07, 6.45) is 0. The van der Waals surface area contributed by atoms with E-state index in [0.717, 1.165) is 0 Å². The first-order valence-corrected chi connectivity index (χ1v) is 10.5. The molecule has 1 saturated heterocycles. The van der Waals surface area contributed by atoms with E-state index in [1.54, 1.807) is 37.3 Å². The number of nitrogens with zero attached hydrogens (tertiary/aromatic N) is 1. The second kappa shape index (κ2) is 8.72. The van der Waals surface area contributed by atoms with E-state index in [1.165, 1.54) is 16.4 Å². The number of hydrogen-bond acceptors (Lipinski definition) is 6. The van der Waals surface area contributed by atoms with Crippen LogP contribution in [0.1, 0.15) is 22.8 Å². The number of morpholine rings is 1. The Hall–Kier alpha value is -2.42. The predicted octanol–water partition coefficient (Wildman–Crippen LogP) is 2.63. The fourth-order valence-corrected chi connectivity index (χ4v) is 4.28. The largest absolute Gasteiger partial charge is 0.494 e. The van der Waals surface area contributed by atoms with E-state index >= 15 is 0 Å². The topological polar surface area (TPSA) is 82.1 Å². The van der Waals surface area contributed by atoms with Gasteiger partial charge in [-0.15, -0.1) is 0 Å². The summed E-state index contributed by atoms with van der Waals surface area (Å²) in [5, 5.41) is 0. The maximum atomic E-state index is 12.8. The minimum absolute atomic E-state index is 0.0682. The first kappa shape index (κ1) is 20.3. The molecule has 28 heavy (non-hydrogen) atoms. The molecule has 0 spiro atoms. The van der Waals surface area contributed by atoms with Crippen molar-refractivity contribution in [2.75, 3.05) is 32.9 Å². The maximum absolute atomic E-state index is 12.8. The lowest BCUT2D eigenvalue weighted by atomic mass is 10.1. The summed E-state index contributed by atoms with van der Waals surface area (Å²) in [4.78, 5) is 12.7.